The molecule has 0 unspecified atom stereocenters. The molecule has 0 radical (unpaired) electrons. The zero-order chi connectivity index (χ0) is 16.7. The summed E-state index contributed by atoms with van der Waals surface area (Å²) in [6.07, 6.45) is 0.691. The monoisotopic (exact) mass is 347 g/mol. The number of nitrogens with one attached hydrogen (secondary N) is 1. The third-order valence-electron chi connectivity index (χ3n) is 3.21. The molecular formula is C18H18ClNO2S. The Balaban J connectivity index is 1.97. The molecule has 120 valence electrons. The van der Waals surface area contributed by atoms with Crippen LogP contribution < -0.4 is 5.32 Å². The van der Waals surface area contributed by atoms with Gasteiger partial charge in [-0.05, 0) is 24.1 Å². The van der Waals surface area contributed by atoms with Crippen LogP contribution >= 0.6 is 23.4 Å². The van der Waals surface area contributed by atoms with Gasteiger partial charge in [-0.2, -0.15) is 0 Å². The topological polar surface area (TPSA) is 46.2 Å². The standard InChI is InChI=1S/C18H18ClNO2S/c1-13(21)20-17(10-14-6-3-2-4-7-14)12-23-18(22)15-8-5-9-16(19)11-15/h2-9,11,17H,10,12H2,1H3,(H,20,21)/t17-/m0/s1. The van der Waals surface area contributed by atoms with Crippen LogP contribution in [0.5, 0.6) is 0 Å². The highest BCUT2D eigenvalue weighted by molar-refractivity contribution is 8.14. The van der Waals surface area contributed by atoms with Crippen molar-refractivity contribution in [3.8, 4) is 0 Å². The van der Waals surface area contributed by atoms with Gasteiger partial charge >= 0.3 is 0 Å². The molecule has 2 aromatic rings. The quantitative estimate of drug-likeness (QED) is 0.860. The highest BCUT2D eigenvalue weighted by Crippen LogP contribution is 2.18. The molecule has 23 heavy (non-hydrogen) atoms. The van der Waals surface area contributed by atoms with Crippen LogP contribution in [0.1, 0.15) is 22.8 Å². The summed E-state index contributed by atoms with van der Waals surface area (Å²) in [5.74, 6) is 0.418. The van der Waals surface area contributed by atoms with Crippen LogP contribution in [0.3, 0.4) is 0 Å². The van der Waals surface area contributed by atoms with Crippen molar-refractivity contribution in [2.24, 2.45) is 0 Å². The fourth-order valence-corrected chi connectivity index (χ4v) is 3.25. The van der Waals surface area contributed by atoms with Crippen molar-refractivity contribution >= 4 is 34.4 Å². The number of carbonyl (C=O) groups excluding carboxylic acids is 2. The maximum Gasteiger partial charge on any atom is 0.219 e. The lowest BCUT2D eigenvalue weighted by molar-refractivity contribution is -0.119. The molecular weight excluding hydrogens is 330 g/mol. The van der Waals surface area contributed by atoms with Gasteiger partial charge in [0.25, 0.3) is 0 Å². The molecule has 2 aromatic carbocycles. The second kappa shape index (κ2) is 8.75. The first-order valence-corrected chi connectivity index (χ1v) is 8.64. The predicted molar refractivity (Wildman–Crippen MR) is 96.0 cm³/mol. The van der Waals surface area contributed by atoms with Crippen molar-refractivity contribution in [2.75, 3.05) is 5.75 Å². The minimum absolute atomic E-state index is 0.0455. The van der Waals surface area contributed by atoms with Crippen LogP contribution in [0.25, 0.3) is 0 Å². The second-order valence-electron chi connectivity index (χ2n) is 5.20. The van der Waals surface area contributed by atoms with E-state index in [0.717, 1.165) is 5.56 Å². The summed E-state index contributed by atoms with van der Waals surface area (Å²) >= 11 is 7.10. The summed E-state index contributed by atoms with van der Waals surface area (Å²) in [6, 6.07) is 16.7. The SMILES string of the molecule is CC(=O)N[C@H](CSC(=O)c1cccc(Cl)c1)Cc1ccccc1. The summed E-state index contributed by atoms with van der Waals surface area (Å²) in [4.78, 5) is 23.6. The van der Waals surface area contributed by atoms with Crippen molar-refractivity contribution < 1.29 is 9.59 Å². The lowest BCUT2D eigenvalue weighted by Gasteiger charge is -2.17. The lowest BCUT2D eigenvalue weighted by atomic mass is 10.1. The Kier molecular flexibility index (Phi) is 6.68. The fraction of sp³-hybridized carbons (Fsp3) is 0.222. The van der Waals surface area contributed by atoms with E-state index in [9.17, 15) is 9.59 Å². The van der Waals surface area contributed by atoms with Crippen molar-refractivity contribution in [1.82, 2.24) is 5.32 Å². The van der Waals surface area contributed by atoms with Crippen LogP contribution in [0.4, 0.5) is 0 Å². The Bertz CT molecular complexity index is 676. The zero-order valence-electron chi connectivity index (χ0n) is 12.8. The Labute approximate surface area is 145 Å². The summed E-state index contributed by atoms with van der Waals surface area (Å²) in [7, 11) is 0. The molecule has 1 N–H and O–H groups in total. The molecule has 0 aliphatic carbocycles. The second-order valence-corrected chi connectivity index (χ2v) is 6.63. The number of hydrogen-bond acceptors (Lipinski definition) is 3. The van der Waals surface area contributed by atoms with Gasteiger partial charge in [0.05, 0.1) is 0 Å². The van der Waals surface area contributed by atoms with Gasteiger partial charge in [0.15, 0.2) is 0 Å². The van der Waals surface area contributed by atoms with Crippen LogP contribution in [0.2, 0.25) is 5.02 Å². The first kappa shape index (κ1) is 17.6. The normalized spacial score (nSPS) is 11.7. The number of benzene rings is 2. The molecule has 1 atom stereocenters. The molecule has 1 amide bonds. The molecule has 0 heterocycles. The van der Waals surface area contributed by atoms with Gasteiger partial charge in [-0.1, -0.05) is 65.8 Å². The minimum Gasteiger partial charge on any atom is -0.352 e. The molecule has 0 fully saturated rings. The highest BCUT2D eigenvalue weighted by Gasteiger charge is 2.15. The first-order chi connectivity index (χ1) is 11.0. The van der Waals surface area contributed by atoms with Gasteiger partial charge in [-0.3, -0.25) is 9.59 Å². The van der Waals surface area contributed by atoms with E-state index in [2.05, 4.69) is 5.32 Å². The van der Waals surface area contributed by atoms with E-state index in [1.165, 1.54) is 18.7 Å². The molecule has 2 rings (SSSR count). The molecule has 0 aliphatic rings. The number of amides is 1. The average molecular weight is 348 g/mol. The summed E-state index contributed by atoms with van der Waals surface area (Å²) in [5.41, 5.74) is 1.70. The number of rotatable bonds is 6. The van der Waals surface area contributed by atoms with E-state index >= 15 is 0 Å². The van der Waals surface area contributed by atoms with E-state index in [0.29, 0.717) is 22.8 Å². The van der Waals surface area contributed by atoms with E-state index in [1.807, 2.05) is 30.3 Å². The van der Waals surface area contributed by atoms with Gasteiger partial charge < -0.3 is 5.32 Å². The lowest BCUT2D eigenvalue weighted by Crippen LogP contribution is -2.37. The van der Waals surface area contributed by atoms with E-state index in [-0.39, 0.29) is 17.1 Å². The molecule has 0 aliphatic heterocycles. The molecule has 0 bridgehead atoms. The van der Waals surface area contributed by atoms with E-state index < -0.39 is 0 Å². The van der Waals surface area contributed by atoms with Crippen LogP contribution in [-0.2, 0) is 11.2 Å². The third-order valence-corrected chi connectivity index (χ3v) is 4.51. The average Bonchev–Trinajstić information content (AvgIpc) is 2.53. The Hall–Kier alpha value is -1.78. The van der Waals surface area contributed by atoms with Gasteiger partial charge in [0.2, 0.25) is 11.0 Å². The smallest absolute Gasteiger partial charge is 0.219 e. The van der Waals surface area contributed by atoms with Gasteiger partial charge in [0, 0.05) is 29.3 Å². The first-order valence-electron chi connectivity index (χ1n) is 7.28. The Morgan fingerprint density at radius 2 is 1.87 bits per heavy atom. The molecule has 3 nitrogen and oxygen atoms in total. The van der Waals surface area contributed by atoms with Crippen molar-refractivity contribution in [2.45, 2.75) is 19.4 Å². The van der Waals surface area contributed by atoms with Crippen molar-refractivity contribution in [1.29, 1.82) is 0 Å². The summed E-state index contributed by atoms with van der Waals surface area (Å²) in [5, 5.41) is 3.40. The zero-order valence-corrected chi connectivity index (χ0v) is 14.4. The van der Waals surface area contributed by atoms with Gasteiger partial charge in [-0.15, -0.1) is 0 Å². The fourth-order valence-electron chi connectivity index (χ4n) is 2.21. The largest absolute Gasteiger partial charge is 0.352 e. The number of carbonyl (C=O) groups is 2. The van der Waals surface area contributed by atoms with Gasteiger partial charge in [-0.25, -0.2) is 0 Å². The molecule has 0 spiro atoms. The molecule has 0 saturated heterocycles. The van der Waals surface area contributed by atoms with Crippen LogP contribution in [0.15, 0.2) is 54.6 Å². The highest BCUT2D eigenvalue weighted by atomic mass is 35.5. The van der Waals surface area contributed by atoms with Crippen molar-refractivity contribution in [3.63, 3.8) is 0 Å². The number of hydrogen-bond donors (Lipinski definition) is 1. The summed E-state index contributed by atoms with van der Waals surface area (Å²) < 4.78 is 0. The van der Waals surface area contributed by atoms with Gasteiger partial charge in [0.1, 0.15) is 0 Å². The third kappa shape index (κ3) is 6.08. The molecule has 0 saturated carbocycles. The van der Waals surface area contributed by atoms with Crippen LogP contribution in [-0.4, -0.2) is 22.8 Å². The minimum atomic E-state index is -0.0956. The molecule has 5 heteroatoms. The number of halogens is 1. The van der Waals surface area contributed by atoms with E-state index in [1.54, 1.807) is 24.3 Å². The summed E-state index contributed by atoms with van der Waals surface area (Å²) in [6.45, 7) is 1.49. The van der Waals surface area contributed by atoms with Crippen LogP contribution in [0, 0.1) is 0 Å². The molecule has 0 aromatic heterocycles. The maximum absolute atomic E-state index is 12.2. The Morgan fingerprint density at radius 1 is 1.13 bits per heavy atom. The maximum atomic E-state index is 12.2. The van der Waals surface area contributed by atoms with E-state index in [4.69, 9.17) is 11.6 Å². The predicted octanol–water partition coefficient (Wildman–Crippen LogP) is 3.96. The van der Waals surface area contributed by atoms with Crippen molar-refractivity contribution in [3.05, 3.63) is 70.7 Å². The number of thioether (sulfide) groups is 1. The Morgan fingerprint density at radius 3 is 2.52 bits per heavy atom.